The molecule has 2 amide bonds. The number of rotatable bonds is 13. The minimum atomic E-state index is -1.03. The van der Waals surface area contributed by atoms with Crippen molar-refractivity contribution in [3.63, 3.8) is 0 Å². The number of urea groups is 1. The highest BCUT2D eigenvalue weighted by molar-refractivity contribution is 7.99. The van der Waals surface area contributed by atoms with Gasteiger partial charge < -0.3 is 35.1 Å². The molecule has 5 rings (SSSR count). The van der Waals surface area contributed by atoms with E-state index in [-0.39, 0.29) is 44.1 Å². The van der Waals surface area contributed by atoms with Crippen LogP contribution in [0.15, 0.2) is 96.2 Å². The lowest BCUT2D eigenvalue weighted by molar-refractivity contribution is -0.245. The summed E-state index contributed by atoms with van der Waals surface area (Å²) in [6.07, 6.45) is 0.901. The number of hydrogen-bond donors (Lipinski definition) is 4. The summed E-state index contributed by atoms with van der Waals surface area (Å²) in [6.45, 7) is 1.98. The number of aliphatic hydroxyl groups excluding tert-OH is 1. The lowest BCUT2D eigenvalue weighted by atomic mass is 9.99. The first kappa shape index (κ1) is 34.6. The predicted molar refractivity (Wildman–Crippen MR) is 179 cm³/mol. The van der Waals surface area contributed by atoms with Gasteiger partial charge in [0.05, 0.1) is 31.0 Å². The van der Waals surface area contributed by atoms with E-state index in [4.69, 9.17) is 14.2 Å². The predicted octanol–water partition coefficient (Wildman–Crippen LogP) is 5.64. The molecular formula is C36H37N3O8S. The quantitative estimate of drug-likeness (QED) is 0.104. The number of pyridine rings is 1. The van der Waals surface area contributed by atoms with Gasteiger partial charge in [0.2, 0.25) is 0 Å². The van der Waals surface area contributed by atoms with Crippen molar-refractivity contribution in [2.75, 3.05) is 18.9 Å². The molecule has 0 aliphatic carbocycles. The molecule has 1 aliphatic rings. The summed E-state index contributed by atoms with van der Waals surface area (Å²) in [5.41, 5.74) is 5.54. The first-order valence-corrected chi connectivity index (χ1v) is 16.5. The second kappa shape index (κ2) is 16.9. The molecule has 3 unspecified atom stereocenters. The van der Waals surface area contributed by atoms with Crippen LogP contribution in [0.5, 0.6) is 0 Å². The van der Waals surface area contributed by atoms with Crippen molar-refractivity contribution < 1.29 is 38.8 Å². The van der Waals surface area contributed by atoms with Crippen LogP contribution in [0.2, 0.25) is 0 Å². The number of carbonyl (C=O) groups is 3. The number of aliphatic hydroxyl groups is 1. The Morgan fingerprint density at radius 2 is 1.69 bits per heavy atom. The van der Waals surface area contributed by atoms with Gasteiger partial charge >= 0.3 is 18.0 Å². The highest BCUT2D eigenvalue weighted by atomic mass is 32.2. The van der Waals surface area contributed by atoms with E-state index in [0.717, 1.165) is 33.4 Å². The Bertz CT molecular complexity index is 1700. The number of thioether (sulfide) groups is 1. The van der Waals surface area contributed by atoms with Gasteiger partial charge in [0.15, 0.2) is 6.29 Å². The van der Waals surface area contributed by atoms with Crippen molar-refractivity contribution in [1.29, 1.82) is 0 Å². The van der Waals surface area contributed by atoms with E-state index in [9.17, 15) is 24.6 Å². The minimum absolute atomic E-state index is 0.0506. The van der Waals surface area contributed by atoms with E-state index in [1.54, 1.807) is 19.2 Å². The lowest BCUT2D eigenvalue weighted by Crippen LogP contribution is -2.38. The number of amides is 2. The Balaban J connectivity index is 1.27. The summed E-state index contributed by atoms with van der Waals surface area (Å²) >= 11 is 1.34. The molecule has 0 radical (unpaired) electrons. The van der Waals surface area contributed by atoms with Gasteiger partial charge in [0, 0.05) is 30.5 Å². The van der Waals surface area contributed by atoms with Crippen LogP contribution in [0.4, 0.5) is 4.79 Å². The Morgan fingerprint density at radius 3 is 2.42 bits per heavy atom. The summed E-state index contributed by atoms with van der Waals surface area (Å²) in [7, 11) is 0. The largest absolute Gasteiger partial charge is 0.478 e. The van der Waals surface area contributed by atoms with Crippen LogP contribution in [0.25, 0.3) is 11.1 Å². The third-order valence-corrected chi connectivity index (χ3v) is 8.75. The fourth-order valence-electron chi connectivity index (χ4n) is 5.17. The fraction of sp³-hybridized carbons (Fsp3) is 0.278. The van der Waals surface area contributed by atoms with Crippen molar-refractivity contribution in [1.82, 2.24) is 15.6 Å². The maximum Gasteiger partial charge on any atom is 0.338 e. The summed E-state index contributed by atoms with van der Waals surface area (Å²) in [5.74, 6) is -1.05. The maximum absolute atomic E-state index is 12.1. The number of nitrogens with one attached hydrogen (secondary N) is 2. The second-order valence-corrected chi connectivity index (χ2v) is 12.0. The van der Waals surface area contributed by atoms with E-state index in [2.05, 4.69) is 15.6 Å². The normalized spacial score (nSPS) is 17.3. The average Bonchev–Trinajstić information content (AvgIpc) is 3.12. The topological polar surface area (TPSA) is 156 Å². The van der Waals surface area contributed by atoms with Crippen LogP contribution in [-0.2, 0) is 32.2 Å². The number of nitrogens with zero attached hydrogens (tertiary/aromatic N) is 1. The molecule has 3 aromatic carbocycles. The van der Waals surface area contributed by atoms with E-state index >= 15 is 0 Å². The Hall–Kier alpha value is -4.75. The number of carbonyl (C=O) groups excluding carboxylic acids is 2. The van der Waals surface area contributed by atoms with Gasteiger partial charge in [-0.1, -0.05) is 66.7 Å². The molecule has 1 aliphatic heterocycles. The van der Waals surface area contributed by atoms with Crippen molar-refractivity contribution in [2.45, 2.75) is 50.0 Å². The number of carboxylic acid groups (broad SMARTS) is 1. The molecule has 48 heavy (non-hydrogen) atoms. The first-order valence-electron chi connectivity index (χ1n) is 15.5. The van der Waals surface area contributed by atoms with Gasteiger partial charge in [0.1, 0.15) is 11.6 Å². The molecule has 1 saturated heterocycles. The molecule has 1 aromatic heterocycles. The molecule has 3 atom stereocenters. The van der Waals surface area contributed by atoms with Crippen LogP contribution in [0.3, 0.4) is 0 Å². The molecule has 4 N–H and O–H groups in total. The number of aromatic nitrogens is 1. The lowest BCUT2D eigenvalue weighted by Gasteiger charge is -2.36. The van der Waals surface area contributed by atoms with E-state index in [1.807, 2.05) is 72.8 Å². The molecule has 4 aromatic rings. The first-order chi connectivity index (χ1) is 23.3. The van der Waals surface area contributed by atoms with Gasteiger partial charge in [0.25, 0.3) is 0 Å². The van der Waals surface area contributed by atoms with E-state index in [1.165, 1.54) is 17.8 Å². The number of carboxylic acids is 1. The molecule has 0 saturated carbocycles. The van der Waals surface area contributed by atoms with Crippen molar-refractivity contribution >= 4 is 29.7 Å². The van der Waals surface area contributed by atoms with Crippen LogP contribution in [0.1, 0.15) is 58.4 Å². The minimum Gasteiger partial charge on any atom is -0.478 e. The number of esters is 1. The van der Waals surface area contributed by atoms with Gasteiger partial charge in [-0.2, -0.15) is 0 Å². The molecular weight excluding hydrogens is 634 g/mol. The zero-order valence-electron chi connectivity index (χ0n) is 26.3. The maximum atomic E-state index is 12.1. The van der Waals surface area contributed by atoms with Gasteiger partial charge in [-0.25, -0.2) is 14.6 Å². The number of hydrogen-bond acceptors (Lipinski definition) is 9. The third-order valence-electron chi connectivity index (χ3n) is 7.62. The summed E-state index contributed by atoms with van der Waals surface area (Å²) in [4.78, 5) is 39.6. The van der Waals surface area contributed by atoms with Gasteiger partial charge in [-0.05, 0) is 52.9 Å². The summed E-state index contributed by atoms with van der Waals surface area (Å²) in [5, 5.41) is 24.7. The molecule has 11 nitrogen and oxygen atoms in total. The second-order valence-electron chi connectivity index (χ2n) is 11.0. The van der Waals surface area contributed by atoms with Crippen molar-refractivity contribution in [3.05, 3.63) is 119 Å². The Kier molecular flexibility index (Phi) is 12.2. The number of benzene rings is 3. The van der Waals surface area contributed by atoms with E-state index < -0.39 is 24.3 Å². The zero-order chi connectivity index (χ0) is 33.9. The molecule has 12 heteroatoms. The molecule has 0 spiro atoms. The monoisotopic (exact) mass is 671 g/mol. The Labute approximate surface area is 282 Å². The van der Waals surface area contributed by atoms with Crippen LogP contribution < -0.4 is 10.6 Å². The number of ether oxygens (including phenoxy) is 3. The smallest absolute Gasteiger partial charge is 0.338 e. The summed E-state index contributed by atoms with van der Waals surface area (Å²) in [6, 6.07) is 26.0. The third kappa shape index (κ3) is 9.41. The standard InChI is InChI=1S/C36H37N3O8S/c1-2-45-32(41)20-39-36(44)38-19-24-5-3-6-28(17-24)25-12-14-27(15-13-25)35-46-29(22-48-33-30(34(42)43)7-4-16-37-33)18-31(47-35)26-10-8-23(21-40)9-11-26/h3-17,29,31,35,40H,2,18-22H2,1H3,(H,42,43)(H2,38,39,44). The van der Waals surface area contributed by atoms with Crippen LogP contribution in [0, 0.1) is 0 Å². The molecule has 250 valence electrons. The van der Waals surface area contributed by atoms with E-state index in [0.29, 0.717) is 17.2 Å². The molecule has 2 heterocycles. The van der Waals surface area contributed by atoms with Crippen molar-refractivity contribution in [2.24, 2.45) is 0 Å². The summed E-state index contributed by atoms with van der Waals surface area (Å²) < 4.78 is 17.7. The SMILES string of the molecule is CCOC(=O)CNC(=O)NCc1cccc(-c2ccc(C3OC(CSc4ncccc4C(=O)O)CC(c4ccc(CO)cc4)O3)cc2)c1. The van der Waals surface area contributed by atoms with Gasteiger partial charge in [-0.15, -0.1) is 11.8 Å². The highest BCUT2D eigenvalue weighted by Crippen LogP contribution is 2.40. The average molecular weight is 672 g/mol. The van der Waals surface area contributed by atoms with Gasteiger partial charge in [-0.3, -0.25) is 4.79 Å². The van der Waals surface area contributed by atoms with Crippen LogP contribution in [-0.4, -0.2) is 58.2 Å². The Morgan fingerprint density at radius 1 is 0.917 bits per heavy atom. The fourth-order valence-corrected chi connectivity index (χ4v) is 6.17. The van der Waals surface area contributed by atoms with Crippen LogP contribution >= 0.6 is 11.8 Å². The highest BCUT2D eigenvalue weighted by Gasteiger charge is 2.32. The van der Waals surface area contributed by atoms with Crippen molar-refractivity contribution in [3.8, 4) is 11.1 Å². The molecule has 1 fully saturated rings. The molecule has 0 bridgehead atoms. The zero-order valence-corrected chi connectivity index (χ0v) is 27.2. The number of aromatic carboxylic acids is 1.